The molecule has 0 bridgehead atoms. The minimum absolute atomic E-state index is 0. The third kappa shape index (κ3) is 6.06. The number of aliphatic imine (C=N–C) groups is 1. The number of carbonyl (C=O) groups excluding carboxylic acids is 1. The van der Waals surface area contributed by atoms with Crippen molar-refractivity contribution in [1.82, 2.24) is 20.5 Å². The Morgan fingerprint density at radius 3 is 2.89 bits per heavy atom. The summed E-state index contributed by atoms with van der Waals surface area (Å²) in [4.78, 5) is 22.4. The number of nitrogens with one attached hydrogen (secondary N) is 2. The Morgan fingerprint density at radius 2 is 2.18 bits per heavy atom. The summed E-state index contributed by atoms with van der Waals surface area (Å²) in [5.41, 5.74) is 2.10. The molecule has 7 nitrogen and oxygen atoms in total. The predicted molar refractivity (Wildman–Crippen MR) is 123 cm³/mol. The number of rotatable bonds is 5. The van der Waals surface area contributed by atoms with Crippen LogP contribution in [0.15, 0.2) is 34.6 Å². The summed E-state index contributed by atoms with van der Waals surface area (Å²) < 4.78 is 5.73. The van der Waals surface area contributed by atoms with E-state index in [-0.39, 0.29) is 42.5 Å². The van der Waals surface area contributed by atoms with Crippen molar-refractivity contribution in [3.8, 4) is 5.75 Å². The quantitative estimate of drug-likeness (QED) is 0.364. The molecule has 1 aromatic heterocycles. The zero-order valence-electron chi connectivity index (χ0n) is 16.3. The Balaban J connectivity index is 0.00000280. The summed E-state index contributed by atoms with van der Waals surface area (Å²) in [6, 6.07) is 8.07. The highest BCUT2D eigenvalue weighted by Crippen LogP contribution is 2.31. The van der Waals surface area contributed by atoms with Gasteiger partial charge in [0.2, 0.25) is 5.91 Å². The molecule has 3 rings (SSSR count). The number of halogens is 1. The molecular weight excluding hydrogens is 489 g/mol. The van der Waals surface area contributed by atoms with Gasteiger partial charge in [0, 0.05) is 37.2 Å². The lowest BCUT2D eigenvalue weighted by Crippen LogP contribution is -2.41. The fourth-order valence-corrected chi connectivity index (χ4v) is 3.45. The molecule has 0 saturated carbocycles. The number of thiazole rings is 1. The molecule has 28 heavy (non-hydrogen) atoms. The van der Waals surface area contributed by atoms with Crippen molar-refractivity contribution in [1.29, 1.82) is 0 Å². The second kappa shape index (κ2) is 10.6. The maximum Gasteiger partial charge on any atom is 0.243 e. The van der Waals surface area contributed by atoms with Gasteiger partial charge >= 0.3 is 0 Å². The summed E-state index contributed by atoms with van der Waals surface area (Å²) in [5.74, 6) is 1.44. The second-order valence-electron chi connectivity index (χ2n) is 6.56. The molecule has 9 heteroatoms. The van der Waals surface area contributed by atoms with Crippen LogP contribution in [0.4, 0.5) is 0 Å². The van der Waals surface area contributed by atoms with Gasteiger partial charge in [0.15, 0.2) is 5.96 Å². The van der Waals surface area contributed by atoms with Crippen LogP contribution in [0, 0.1) is 6.92 Å². The van der Waals surface area contributed by atoms with E-state index in [4.69, 9.17) is 4.74 Å². The van der Waals surface area contributed by atoms with Gasteiger partial charge in [0.05, 0.1) is 19.2 Å². The molecule has 2 heterocycles. The van der Waals surface area contributed by atoms with Gasteiger partial charge in [-0.1, -0.05) is 18.2 Å². The van der Waals surface area contributed by atoms with Gasteiger partial charge in [-0.3, -0.25) is 4.79 Å². The van der Waals surface area contributed by atoms with Gasteiger partial charge in [0.1, 0.15) is 17.3 Å². The SMILES string of the molecule is Cc1csc(CNC(=NCC(=O)N(C)C)NC2CCOc3ccccc32)n1.I. The van der Waals surface area contributed by atoms with E-state index >= 15 is 0 Å². The van der Waals surface area contributed by atoms with E-state index in [1.807, 2.05) is 30.5 Å². The number of carbonyl (C=O) groups is 1. The first-order valence-electron chi connectivity index (χ1n) is 8.90. The van der Waals surface area contributed by atoms with Crippen LogP contribution in [0.3, 0.4) is 0 Å². The van der Waals surface area contributed by atoms with Crippen LogP contribution >= 0.6 is 35.3 Å². The molecule has 2 aromatic rings. The highest BCUT2D eigenvalue weighted by Gasteiger charge is 2.22. The number of ether oxygens (including phenoxy) is 1. The molecule has 1 aliphatic rings. The lowest BCUT2D eigenvalue weighted by atomic mass is 10.0. The number of amides is 1. The third-order valence-electron chi connectivity index (χ3n) is 4.21. The number of hydrogen-bond donors (Lipinski definition) is 2. The van der Waals surface area contributed by atoms with Crippen molar-refractivity contribution in [2.75, 3.05) is 27.2 Å². The van der Waals surface area contributed by atoms with Crippen molar-refractivity contribution < 1.29 is 9.53 Å². The molecule has 0 radical (unpaired) electrons. The van der Waals surface area contributed by atoms with Crippen LogP contribution in [0.1, 0.15) is 28.7 Å². The van der Waals surface area contributed by atoms with Gasteiger partial charge in [0.25, 0.3) is 0 Å². The second-order valence-corrected chi connectivity index (χ2v) is 7.50. The predicted octanol–water partition coefficient (Wildman–Crippen LogP) is 2.72. The van der Waals surface area contributed by atoms with E-state index in [0.717, 1.165) is 28.4 Å². The van der Waals surface area contributed by atoms with E-state index in [2.05, 4.69) is 26.7 Å². The zero-order valence-corrected chi connectivity index (χ0v) is 19.4. The lowest BCUT2D eigenvalue weighted by molar-refractivity contribution is -0.127. The molecular formula is C19H26IN5O2S. The number of aryl methyl sites for hydroxylation is 1. The van der Waals surface area contributed by atoms with E-state index in [1.165, 1.54) is 4.90 Å². The molecule has 1 amide bonds. The topological polar surface area (TPSA) is 78.9 Å². The first kappa shape index (κ1) is 22.4. The lowest BCUT2D eigenvalue weighted by Gasteiger charge is -2.28. The van der Waals surface area contributed by atoms with Crippen LogP contribution in [0.25, 0.3) is 0 Å². The van der Waals surface area contributed by atoms with Gasteiger partial charge in [-0.05, 0) is 13.0 Å². The van der Waals surface area contributed by atoms with Crippen molar-refractivity contribution in [3.05, 3.63) is 45.9 Å². The molecule has 0 aliphatic carbocycles. The van der Waals surface area contributed by atoms with Crippen molar-refractivity contribution >= 4 is 47.2 Å². The van der Waals surface area contributed by atoms with E-state index < -0.39 is 0 Å². The molecule has 1 unspecified atom stereocenters. The van der Waals surface area contributed by atoms with Crippen molar-refractivity contribution in [2.45, 2.75) is 25.9 Å². The van der Waals surface area contributed by atoms with E-state index in [1.54, 1.807) is 25.4 Å². The number of benzene rings is 1. The average Bonchev–Trinajstić information content (AvgIpc) is 3.09. The van der Waals surface area contributed by atoms with Crippen LogP contribution < -0.4 is 15.4 Å². The standard InChI is InChI=1S/C19H25N5O2S.HI/c1-13-12-27-17(22-13)10-20-19(21-11-18(25)24(2)3)23-15-8-9-26-16-7-5-4-6-14(15)16;/h4-7,12,15H,8-11H2,1-3H3,(H2,20,21,23);1H. The molecule has 0 fully saturated rings. The number of fused-ring (bicyclic) bond motifs is 1. The molecule has 2 N–H and O–H groups in total. The minimum Gasteiger partial charge on any atom is -0.493 e. The third-order valence-corrected chi connectivity index (χ3v) is 5.18. The highest BCUT2D eigenvalue weighted by molar-refractivity contribution is 14.0. The normalized spacial score (nSPS) is 15.7. The summed E-state index contributed by atoms with van der Waals surface area (Å²) in [6.45, 7) is 3.27. The Kier molecular flexibility index (Phi) is 8.49. The average molecular weight is 515 g/mol. The monoisotopic (exact) mass is 515 g/mol. The molecule has 0 saturated heterocycles. The number of guanidine groups is 1. The zero-order chi connectivity index (χ0) is 19.2. The fourth-order valence-electron chi connectivity index (χ4n) is 2.74. The largest absolute Gasteiger partial charge is 0.493 e. The van der Waals surface area contributed by atoms with Crippen molar-refractivity contribution in [3.63, 3.8) is 0 Å². The summed E-state index contributed by atoms with van der Waals surface area (Å²) >= 11 is 1.60. The highest BCUT2D eigenvalue weighted by atomic mass is 127. The number of para-hydroxylation sites is 1. The smallest absolute Gasteiger partial charge is 0.243 e. The van der Waals surface area contributed by atoms with Crippen molar-refractivity contribution in [2.24, 2.45) is 4.99 Å². The Labute approximate surface area is 186 Å². The van der Waals surface area contributed by atoms with Crippen LogP contribution in [0.2, 0.25) is 0 Å². The van der Waals surface area contributed by atoms with E-state index in [9.17, 15) is 4.79 Å². The number of aromatic nitrogens is 1. The van der Waals surface area contributed by atoms with Crippen LogP contribution in [-0.4, -0.2) is 49.0 Å². The summed E-state index contributed by atoms with van der Waals surface area (Å²) in [6.07, 6.45) is 0.829. The van der Waals surface area contributed by atoms with E-state index in [0.29, 0.717) is 19.1 Å². The molecule has 1 aromatic carbocycles. The number of nitrogens with zero attached hydrogens (tertiary/aromatic N) is 3. The minimum atomic E-state index is -0.0476. The molecule has 0 spiro atoms. The Bertz CT molecular complexity index is 824. The Morgan fingerprint density at radius 1 is 1.39 bits per heavy atom. The van der Waals surface area contributed by atoms with Gasteiger partial charge in [-0.15, -0.1) is 35.3 Å². The Hall–Kier alpha value is -1.88. The van der Waals surface area contributed by atoms with Gasteiger partial charge in [-0.2, -0.15) is 0 Å². The van der Waals surface area contributed by atoms with Gasteiger partial charge < -0.3 is 20.3 Å². The molecule has 1 aliphatic heterocycles. The number of likely N-dealkylation sites (N-methyl/N-ethyl adjacent to an activating group) is 1. The maximum absolute atomic E-state index is 11.9. The summed E-state index contributed by atoms with van der Waals surface area (Å²) in [5, 5.41) is 9.74. The first-order valence-corrected chi connectivity index (χ1v) is 9.78. The van der Waals surface area contributed by atoms with Crippen LogP contribution in [-0.2, 0) is 11.3 Å². The summed E-state index contributed by atoms with van der Waals surface area (Å²) in [7, 11) is 3.46. The molecule has 152 valence electrons. The van der Waals surface area contributed by atoms with Crippen LogP contribution in [0.5, 0.6) is 5.75 Å². The molecule has 1 atom stereocenters. The van der Waals surface area contributed by atoms with Gasteiger partial charge in [-0.25, -0.2) is 9.98 Å². The fraction of sp³-hybridized carbons (Fsp3) is 0.421. The number of hydrogen-bond acceptors (Lipinski definition) is 5. The first-order chi connectivity index (χ1) is 13.0. The maximum atomic E-state index is 11.9.